The summed E-state index contributed by atoms with van der Waals surface area (Å²) in [7, 11) is 0. The highest BCUT2D eigenvalue weighted by Gasteiger charge is 2.12. The molecule has 0 saturated carbocycles. The van der Waals surface area contributed by atoms with E-state index < -0.39 is 0 Å². The first-order chi connectivity index (χ1) is 11.2. The van der Waals surface area contributed by atoms with Crippen LogP contribution in [0.15, 0.2) is 42.6 Å². The third-order valence-electron chi connectivity index (χ3n) is 3.87. The van der Waals surface area contributed by atoms with Crippen LogP contribution in [0.3, 0.4) is 0 Å². The molecule has 2 heterocycles. The van der Waals surface area contributed by atoms with Crippen LogP contribution in [-0.2, 0) is 13.1 Å². The molecule has 3 rings (SSSR count). The van der Waals surface area contributed by atoms with Gasteiger partial charge in [-0.1, -0.05) is 12.1 Å². The smallest absolute Gasteiger partial charge is 0.132 e. The Morgan fingerprint density at radius 2 is 2.13 bits per heavy atom. The molecule has 6 heteroatoms. The molecule has 5 nitrogen and oxygen atoms in total. The van der Waals surface area contributed by atoms with Crippen LogP contribution in [0.1, 0.15) is 31.3 Å². The van der Waals surface area contributed by atoms with Crippen molar-refractivity contribution < 1.29 is 4.39 Å². The molecule has 1 aromatic carbocycles. The van der Waals surface area contributed by atoms with E-state index in [4.69, 9.17) is 0 Å². The normalized spacial score (nSPS) is 12.5. The van der Waals surface area contributed by atoms with E-state index in [1.165, 1.54) is 6.07 Å². The van der Waals surface area contributed by atoms with Crippen molar-refractivity contribution in [1.82, 2.24) is 25.3 Å². The zero-order chi connectivity index (χ0) is 16.2. The molecular formula is C17H20FN5. The summed E-state index contributed by atoms with van der Waals surface area (Å²) in [5.74, 6) is -0.265. The van der Waals surface area contributed by atoms with Crippen LogP contribution in [0.2, 0.25) is 0 Å². The Morgan fingerprint density at radius 1 is 1.30 bits per heavy atom. The standard InChI is InChI=1S/C17H20FN5/c1-3-23-17(8-9-20-23)12(2)19-11-13-10-16(22-21-13)14-6-4-5-7-15(14)18/h4-10,12,19H,3,11H2,1-2H3,(H,21,22). The third kappa shape index (κ3) is 3.32. The second-order valence-corrected chi connectivity index (χ2v) is 5.43. The minimum Gasteiger partial charge on any atom is -0.303 e. The molecule has 0 spiro atoms. The van der Waals surface area contributed by atoms with E-state index >= 15 is 0 Å². The van der Waals surface area contributed by atoms with E-state index in [1.807, 2.05) is 23.0 Å². The molecule has 0 aliphatic heterocycles. The number of nitrogens with one attached hydrogen (secondary N) is 2. The molecule has 1 atom stereocenters. The Labute approximate surface area is 134 Å². The van der Waals surface area contributed by atoms with Crippen LogP contribution >= 0.6 is 0 Å². The summed E-state index contributed by atoms with van der Waals surface area (Å²) in [6.45, 7) is 5.63. The van der Waals surface area contributed by atoms with E-state index in [-0.39, 0.29) is 11.9 Å². The first-order valence-electron chi connectivity index (χ1n) is 7.73. The number of hydrogen-bond acceptors (Lipinski definition) is 3. The molecule has 120 valence electrons. The number of aromatic nitrogens is 4. The van der Waals surface area contributed by atoms with E-state index in [0.29, 0.717) is 17.8 Å². The zero-order valence-corrected chi connectivity index (χ0v) is 13.3. The topological polar surface area (TPSA) is 58.5 Å². The van der Waals surface area contributed by atoms with Crippen LogP contribution in [0, 0.1) is 5.82 Å². The summed E-state index contributed by atoms with van der Waals surface area (Å²) in [5.41, 5.74) is 3.18. The third-order valence-corrected chi connectivity index (χ3v) is 3.87. The number of H-pyrrole nitrogens is 1. The predicted molar refractivity (Wildman–Crippen MR) is 87.1 cm³/mol. The lowest BCUT2D eigenvalue weighted by Crippen LogP contribution is -2.21. The summed E-state index contributed by atoms with van der Waals surface area (Å²) in [4.78, 5) is 0. The summed E-state index contributed by atoms with van der Waals surface area (Å²) in [5, 5.41) is 14.9. The highest BCUT2D eigenvalue weighted by Crippen LogP contribution is 2.21. The minimum atomic E-state index is -0.265. The van der Waals surface area contributed by atoms with Crippen molar-refractivity contribution in [3.8, 4) is 11.3 Å². The SMILES string of the molecule is CCn1nccc1C(C)NCc1cc(-c2ccccc2F)n[nH]1. The van der Waals surface area contributed by atoms with Crippen molar-refractivity contribution in [2.45, 2.75) is 33.0 Å². The fourth-order valence-electron chi connectivity index (χ4n) is 2.60. The molecule has 0 saturated heterocycles. The van der Waals surface area contributed by atoms with Gasteiger partial charge in [-0.15, -0.1) is 0 Å². The van der Waals surface area contributed by atoms with Gasteiger partial charge >= 0.3 is 0 Å². The highest BCUT2D eigenvalue weighted by molar-refractivity contribution is 5.59. The fraction of sp³-hybridized carbons (Fsp3) is 0.294. The predicted octanol–water partition coefficient (Wildman–Crippen LogP) is 3.28. The molecule has 0 amide bonds. The number of nitrogens with zero attached hydrogens (tertiary/aromatic N) is 3. The summed E-state index contributed by atoms with van der Waals surface area (Å²) >= 11 is 0. The molecule has 2 aromatic heterocycles. The van der Waals surface area contributed by atoms with Gasteiger partial charge < -0.3 is 5.32 Å². The number of aromatic amines is 1. The summed E-state index contributed by atoms with van der Waals surface area (Å²) in [6.07, 6.45) is 1.81. The molecule has 23 heavy (non-hydrogen) atoms. The number of aryl methyl sites for hydroxylation is 1. The van der Waals surface area contributed by atoms with Crippen LogP contribution in [0.4, 0.5) is 4.39 Å². The lowest BCUT2D eigenvalue weighted by atomic mass is 10.1. The van der Waals surface area contributed by atoms with E-state index in [0.717, 1.165) is 17.9 Å². The second kappa shape index (κ2) is 6.75. The van der Waals surface area contributed by atoms with Crippen molar-refractivity contribution >= 4 is 0 Å². The molecule has 0 fully saturated rings. The lowest BCUT2D eigenvalue weighted by Gasteiger charge is -2.14. The first kappa shape index (κ1) is 15.4. The quantitative estimate of drug-likeness (QED) is 0.734. The van der Waals surface area contributed by atoms with E-state index in [2.05, 4.69) is 34.5 Å². The van der Waals surface area contributed by atoms with Gasteiger partial charge in [-0.05, 0) is 38.1 Å². The minimum absolute atomic E-state index is 0.165. The largest absolute Gasteiger partial charge is 0.303 e. The average Bonchev–Trinajstić information content (AvgIpc) is 3.22. The van der Waals surface area contributed by atoms with Gasteiger partial charge in [-0.2, -0.15) is 10.2 Å². The molecule has 0 bridgehead atoms. The Morgan fingerprint density at radius 3 is 2.91 bits per heavy atom. The molecule has 0 aliphatic rings. The lowest BCUT2D eigenvalue weighted by molar-refractivity contribution is 0.505. The van der Waals surface area contributed by atoms with Gasteiger partial charge in [0.15, 0.2) is 0 Å². The maximum absolute atomic E-state index is 13.8. The highest BCUT2D eigenvalue weighted by atomic mass is 19.1. The van der Waals surface area contributed by atoms with Gasteiger partial charge in [0, 0.05) is 36.6 Å². The van der Waals surface area contributed by atoms with Crippen molar-refractivity contribution in [1.29, 1.82) is 0 Å². The molecule has 3 aromatic rings. The van der Waals surface area contributed by atoms with Gasteiger partial charge in [0.05, 0.1) is 11.4 Å². The fourth-order valence-corrected chi connectivity index (χ4v) is 2.60. The molecule has 0 aliphatic carbocycles. The van der Waals surface area contributed by atoms with E-state index in [9.17, 15) is 4.39 Å². The molecule has 1 unspecified atom stereocenters. The average molecular weight is 313 g/mol. The Kier molecular flexibility index (Phi) is 4.52. The summed E-state index contributed by atoms with van der Waals surface area (Å²) in [6, 6.07) is 10.7. The van der Waals surface area contributed by atoms with Gasteiger partial charge in [0.25, 0.3) is 0 Å². The molecule has 0 radical (unpaired) electrons. The van der Waals surface area contributed by atoms with Crippen LogP contribution in [0.25, 0.3) is 11.3 Å². The van der Waals surface area contributed by atoms with Crippen molar-refractivity contribution in [3.63, 3.8) is 0 Å². The maximum atomic E-state index is 13.8. The monoisotopic (exact) mass is 313 g/mol. The van der Waals surface area contributed by atoms with Gasteiger partial charge in [-0.3, -0.25) is 9.78 Å². The number of halogens is 1. The summed E-state index contributed by atoms with van der Waals surface area (Å²) < 4.78 is 15.8. The van der Waals surface area contributed by atoms with Crippen molar-refractivity contribution in [2.24, 2.45) is 0 Å². The van der Waals surface area contributed by atoms with Gasteiger partial charge in [0.1, 0.15) is 5.82 Å². The van der Waals surface area contributed by atoms with E-state index in [1.54, 1.807) is 18.2 Å². The van der Waals surface area contributed by atoms with Crippen LogP contribution < -0.4 is 5.32 Å². The second-order valence-electron chi connectivity index (χ2n) is 5.43. The number of rotatable bonds is 6. The first-order valence-corrected chi connectivity index (χ1v) is 7.73. The van der Waals surface area contributed by atoms with Crippen molar-refractivity contribution in [3.05, 3.63) is 59.8 Å². The van der Waals surface area contributed by atoms with Crippen LogP contribution in [0.5, 0.6) is 0 Å². The van der Waals surface area contributed by atoms with Gasteiger partial charge in [0.2, 0.25) is 0 Å². The number of benzene rings is 1. The number of hydrogen-bond donors (Lipinski definition) is 2. The van der Waals surface area contributed by atoms with Gasteiger partial charge in [-0.25, -0.2) is 4.39 Å². The molecule has 2 N–H and O–H groups in total. The Balaban J connectivity index is 1.67. The van der Waals surface area contributed by atoms with Crippen LogP contribution in [-0.4, -0.2) is 20.0 Å². The Hall–Kier alpha value is -2.47. The Bertz CT molecular complexity index is 777. The molecular weight excluding hydrogens is 293 g/mol. The van der Waals surface area contributed by atoms with Crippen molar-refractivity contribution in [2.75, 3.05) is 0 Å². The zero-order valence-electron chi connectivity index (χ0n) is 13.3. The maximum Gasteiger partial charge on any atom is 0.132 e.